The number of carbonyl (C=O) groups is 1. The summed E-state index contributed by atoms with van der Waals surface area (Å²) in [6.45, 7) is 6.41. The highest BCUT2D eigenvalue weighted by Crippen LogP contribution is 2.28. The molecule has 1 unspecified atom stereocenters. The molecule has 0 aliphatic carbocycles. The zero-order chi connectivity index (χ0) is 22.2. The number of halogens is 1. The Bertz CT molecular complexity index is 737. The van der Waals surface area contributed by atoms with Crippen LogP contribution in [-0.2, 0) is 9.53 Å². The van der Waals surface area contributed by atoms with Gasteiger partial charge in [0.25, 0.3) is 0 Å². The van der Waals surface area contributed by atoms with Crippen LogP contribution in [0.2, 0.25) is 5.02 Å². The molecule has 1 atom stereocenters. The first-order chi connectivity index (χ1) is 14.5. The molecule has 3 heterocycles. The van der Waals surface area contributed by atoms with Crippen molar-refractivity contribution in [3.05, 3.63) is 35.5 Å². The average molecular weight is 436 g/mol. The van der Waals surface area contributed by atoms with E-state index in [9.17, 15) is 4.79 Å². The van der Waals surface area contributed by atoms with Gasteiger partial charge in [0.2, 0.25) is 6.41 Å². The summed E-state index contributed by atoms with van der Waals surface area (Å²) in [5.74, 6) is 1.17. The van der Waals surface area contributed by atoms with Crippen LogP contribution in [0.1, 0.15) is 39.5 Å². The van der Waals surface area contributed by atoms with Crippen molar-refractivity contribution in [2.24, 2.45) is 0 Å². The maximum Gasteiger partial charge on any atom is 0.212 e. The predicted molar refractivity (Wildman–Crippen MR) is 125 cm³/mol. The van der Waals surface area contributed by atoms with Crippen molar-refractivity contribution in [3.63, 3.8) is 0 Å². The van der Waals surface area contributed by atoms with E-state index in [-0.39, 0.29) is 0 Å². The summed E-state index contributed by atoms with van der Waals surface area (Å²) in [4.78, 5) is 18.8. The van der Waals surface area contributed by atoms with Gasteiger partial charge in [-0.1, -0.05) is 24.6 Å². The Hall–Kier alpha value is -2.22. The molecule has 0 bridgehead atoms. The van der Waals surface area contributed by atoms with Crippen molar-refractivity contribution >= 4 is 29.6 Å². The molecular weight excluding hydrogens is 402 g/mol. The second-order valence-electron chi connectivity index (χ2n) is 6.75. The lowest BCUT2D eigenvalue weighted by Crippen LogP contribution is -2.14. The molecule has 3 rings (SSSR count). The second-order valence-corrected chi connectivity index (χ2v) is 7.16. The summed E-state index contributed by atoms with van der Waals surface area (Å²) in [5, 5.41) is 8.93. The van der Waals surface area contributed by atoms with E-state index in [2.05, 4.69) is 39.8 Å². The highest BCUT2D eigenvalue weighted by molar-refractivity contribution is 6.33. The Labute approximate surface area is 185 Å². The molecule has 0 spiro atoms. The number of rotatable bonds is 6. The van der Waals surface area contributed by atoms with Gasteiger partial charge in [0.1, 0.15) is 11.6 Å². The number of aromatic nitrogens is 2. The largest absolute Gasteiger partial charge is 0.379 e. The number of carbonyl (C=O) groups excluding carboxylic acids is 1. The Kier molecular flexibility index (Phi) is 13.4. The average Bonchev–Trinajstić information content (AvgIpc) is 2.77. The van der Waals surface area contributed by atoms with Crippen LogP contribution < -0.4 is 16.0 Å². The molecule has 166 valence electrons. The molecule has 1 aliphatic rings. The molecular formula is C22H34ClN5O2. The first-order valence-corrected chi connectivity index (χ1v) is 10.7. The van der Waals surface area contributed by atoms with Crippen LogP contribution in [0.5, 0.6) is 0 Å². The van der Waals surface area contributed by atoms with Crippen LogP contribution in [0.4, 0.5) is 11.6 Å². The molecule has 0 saturated carbocycles. The van der Waals surface area contributed by atoms with E-state index < -0.39 is 0 Å². The standard InChI is InChI=1S/C12H11ClN4O.C6H12O.C4H11N/c1-14-11-4-2-3-10(17-11)8-5-12(16-7-18)15-6-9(8)13;1-6-4-2-3-5-7-6;1-3-4-5-2/h2-7H,1H3,(H,14,17)(H,15,16,18);6H,2-5H2,1H3;5H,3-4H2,1-2H3. The summed E-state index contributed by atoms with van der Waals surface area (Å²) in [5.41, 5.74) is 1.43. The van der Waals surface area contributed by atoms with Crippen molar-refractivity contribution in [1.82, 2.24) is 15.3 Å². The van der Waals surface area contributed by atoms with Gasteiger partial charge in [0.05, 0.1) is 16.8 Å². The number of anilines is 2. The fraction of sp³-hybridized carbons (Fsp3) is 0.500. The molecule has 1 amide bonds. The minimum Gasteiger partial charge on any atom is -0.379 e. The Morgan fingerprint density at radius 2 is 2.07 bits per heavy atom. The van der Waals surface area contributed by atoms with Crippen LogP contribution in [0.25, 0.3) is 11.3 Å². The van der Waals surface area contributed by atoms with Crippen molar-refractivity contribution in [2.75, 3.05) is 37.9 Å². The fourth-order valence-electron chi connectivity index (χ4n) is 2.65. The molecule has 1 saturated heterocycles. The molecule has 8 heteroatoms. The van der Waals surface area contributed by atoms with Crippen LogP contribution in [0.15, 0.2) is 30.5 Å². The first-order valence-electron chi connectivity index (χ1n) is 10.3. The van der Waals surface area contributed by atoms with Gasteiger partial charge in [0.15, 0.2) is 0 Å². The SMILES string of the molecule is CC1CCCCO1.CCCNC.CNc1cccc(-c2cc(NC=O)ncc2Cl)n1. The molecule has 1 fully saturated rings. The van der Waals surface area contributed by atoms with Gasteiger partial charge in [-0.15, -0.1) is 0 Å². The van der Waals surface area contributed by atoms with Gasteiger partial charge >= 0.3 is 0 Å². The van der Waals surface area contributed by atoms with Gasteiger partial charge < -0.3 is 20.7 Å². The molecule has 0 radical (unpaired) electrons. The monoisotopic (exact) mass is 435 g/mol. The van der Waals surface area contributed by atoms with E-state index in [0.717, 1.165) is 19.0 Å². The highest BCUT2D eigenvalue weighted by atomic mass is 35.5. The summed E-state index contributed by atoms with van der Waals surface area (Å²) < 4.78 is 5.28. The Balaban J connectivity index is 0.000000307. The molecule has 2 aromatic rings. The quantitative estimate of drug-likeness (QED) is 0.575. The third-order valence-electron chi connectivity index (χ3n) is 4.25. The number of pyridine rings is 2. The van der Waals surface area contributed by atoms with E-state index in [1.807, 2.05) is 25.2 Å². The maximum absolute atomic E-state index is 10.4. The van der Waals surface area contributed by atoms with Gasteiger partial charge in [-0.05, 0) is 64.4 Å². The predicted octanol–water partition coefficient (Wildman–Crippen LogP) is 4.60. The van der Waals surface area contributed by atoms with Crippen LogP contribution in [0.3, 0.4) is 0 Å². The maximum atomic E-state index is 10.4. The van der Waals surface area contributed by atoms with Gasteiger partial charge in [-0.2, -0.15) is 0 Å². The van der Waals surface area contributed by atoms with Crippen LogP contribution in [0, 0.1) is 0 Å². The van der Waals surface area contributed by atoms with Crippen molar-refractivity contribution in [3.8, 4) is 11.3 Å². The van der Waals surface area contributed by atoms with E-state index >= 15 is 0 Å². The first kappa shape index (κ1) is 25.8. The zero-order valence-electron chi connectivity index (χ0n) is 18.4. The Morgan fingerprint density at radius 1 is 1.27 bits per heavy atom. The summed E-state index contributed by atoms with van der Waals surface area (Å²) in [6, 6.07) is 7.24. The molecule has 0 aromatic carbocycles. The molecule has 1 aliphatic heterocycles. The van der Waals surface area contributed by atoms with E-state index in [1.54, 1.807) is 13.1 Å². The van der Waals surface area contributed by atoms with Crippen LogP contribution >= 0.6 is 11.6 Å². The van der Waals surface area contributed by atoms with Crippen LogP contribution in [-0.4, -0.2) is 49.7 Å². The summed E-state index contributed by atoms with van der Waals surface area (Å²) in [7, 11) is 3.75. The lowest BCUT2D eigenvalue weighted by atomic mass is 10.1. The molecule has 3 N–H and O–H groups in total. The van der Waals surface area contributed by atoms with Crippen molar-refractivity contribution in [2.45, 2.75) is 45.6 Å². The van der Waals surface area contributed by atoms with Crippen molar-refractivity contribution in [1.29, 1.82) is 0 Å². The van der Waals surface area contributed by atoms with E-state index in [4.69, 9.17) is 16.3 Å². The topological polar surface area (TPSA) is 88.2 Å². The summed E-state index contributed by atoms with van der Waals surface area (Å²) >= 11 is 6.09. The lowest BCUT2D eigenvalue weighted by Gasteiger charge is -2.17. The molecule has 7 nitrogen and oxygen atoms in total. The fourth-order valence-corrected chi connectivity index (χ4v) is 2.85. The van der Waals surface area contributed by atoms with E-state index in [1.165, 1.54) is 31.9 Å². The number of hydrogen-bond donors (Lipinski definition) is 3. The number of ether oxygens (including phenoxy) is 1. The zero-order valence-corrected chi connectivity index (χ0v) is 19.1. The minimum absolute atomic E-state index is 0.432. The summed E-state index contributed by atoms with van der Waals surface area (Å²) in [6.07, 6.45) is 7.71. The highest BCUT2D eigenvalue weighted by Gasteiger charge is 2.08. The van der Waals surface area contributed by atoms with E-state index in [0.29, 0.717) is 34.6 Å². The number of nitrogens with zero attached hydrogens (tertiary/aromatic N) is 2. The van der Waals surface area contributed by atoms with Crippen molar-refractivity contribution < 1.29 is 9.53 Å². The smallest absolute Gasteiger partial charge is 0.212 e. The molecule has 30 heavy (non-hydrogen) atoms. The second kappa shape index (κ2) is 15.6. The normalized spacial score (nSPS) is 15.0. The Morgan fingerprint density at radius 3 is 2.57 bits per heavy atom. The number of nitrogens with one attached hydrogen (secondary N) is 3. The van der Waals surface area contributed by atoms with Gasteiger partial charge in [-0.25, -0.2) is 9.97 Å². The molecule has 2 aromatic heterocycles. The van der Waals surface area contributed by atoms with Gasteiger partial charge in [0, 0.05) is 25.4 Å². The third-order valence-corrected chi connectivity index (χ3v) is 4.55. The third kappa shape index (κ3) is 10.0. The number of amides is 1. The number of hydrogen-bond acceptors (Lipinski definition) is 6. The van der Waals surface area contributed by atoms with Gasteiger partial charge in [-0.3, -0.25) is 4.79 Å². The lowest BCUT2D eigenvalue weighted by molar-refractivity contribution is -0.105. The minimum atomic E-state index is 0.432.